The van der Waals surface area contributed by atoms with Crippen LogP contribution in [0.15, 0.2) is 42.5 Å². The van der Waals surface area contributed by atoms with Gasteiger partial charge in [-0.2, -0.15) is 0 Å². The molecule has 4 aromatic rings. The Morgan fingerprint density at radius 2 is 1.94 bits per heavy atom. The van der Waals surface area contributed by atoms with Gasteiger partial charge >= 0.3 is 0 Å². The predicted octanol–water partition coefficient (Wildman–Crippen LogP) is 2.70. The van der Waals surface area contributed by atoms with Crippen LogP contribution in [-0.4, -0.2) is 27.6 Å². The summed E-state index contributed by atoms with van der Waals surface area (Å²) in [6.07, 6.45) is 0. The normalized spacial score (nSPS) is 11.0. The van der Waals surface area contributed by atoms with E-state index in [2.05, 4.69) is 49.5 Å². The van der Waals surface area contributed by atoms with Gasteiger partial charge in [0.1, 0.15) is 12.3 Å². The lowest BCUT2D eigenvalue weighted by Crippen LogP contribution is -2.40. The molecule has 0 aliphatic rings. The van der Waals surface area contributed by atoms with Gasteiger partial charge in [0.25, 0.3) is 11.7 Å². The first kappa shape index (κ1) is 22.3. The summed E-state index contributed by atoms with van der Waals surface area (Å²) in [7, 11) is 3.63. The number of imidazole rings is 1. The van der Waals surface area contributed by atoms with Crippen molar-refractivity contribution in [3.63, 3.8) is 0 Å². The zero-order chi connectivity index (χ0) is 23.7. The minimum Gasteiger partial charge on any atom is -0.496 e. The summed E-state index contributed by atoms with van der Waals surface area (Å²) in [6.45, 7) is 3.04. The maximum Gasteiger partial charge on any atom is 0.276 e. The van der Waals surface area contributed by atoms with Crippen molar-refractivity contribution in [3.8, 4) is 16.9 Å². The van der Waals surface area contributed by atoms with Gasteiger partial charge in [-0.1, -0.05) is 29.8 Å². The highest BCUT2D eigenvalue weighted by Gasteiger charge is 2.24. The topological polar surface area (TPSA) is 125 Å². The van der Waals surface area contributed by atoms with Gasteiger partial charge < -0.3 is 21.5 Å². The van der Waals surface area contributed by atoms with Gasteiger partial charge in [0.2, 0.25) is 0 Å². The third-order valence-electron chi connectivity index (χ3n) is 5.59. The number of amides is 1. The van der Waals surface area contributed by atoms with Gasteiger partial charge in [-0.25, -0.2) is 19.1 Å². The van der Waals surface area contributed by atoms with Crippen molar-refractivity contribution >= 4 is 40.2 Å². The summed E-state index contributed by atoms with van der Waals surface area (Å²) < 4.78 is 9.73. The molecule has 33 heavy (non-hydrogen) atoms. The lowest BCUT2D eigenvalue weighted by atomic mass is 10.0. The Labute approximate surface area is 196 Å². The van der Waals surface area contributed by atoms with Crippen LogP contribution >= 0.6 is 11.6 Å². The summed E-state index contributed by atoms with van der Waals surface area (Å²) in [5.41, 5.74) is 15.5. The number of carbonyl (C=O) groups excluding carboxylic acids is 1. The number of benzene rings is 2. The molecule has 10 heteroatoms. The molecule has 170 valence electrons. The van der Waals surface area contributed by atoms with Crippen molar-refractivity contribution in [2.75, 3.05) is 18.6 Å². The number of carbonyl (C=O) groups is 1. The van der Waals surface area contributed by atoms with Crippen LogP contribution in [0.1, 0.15) is 23.2 Å². The zero-order valence-corrected chi connectivity index (χ0v) is 19.3. The Kier molecular flexibility index (Phi) is 6.06. The second-order valence-electron chi connectivity index (χ2n) is 7.44. The second kappa shape index (κ2) is 8.95. The van der Waals surface area contributed by atoms with Crippen molar-refractivity contribution < 1.29 is 14.1 Å². The summed E-state index contributed by atoms with van der Waals surface area (Å²) in [4.78, 5) is 20.5. The SMILES string of the molecule is CC[n+]1c(CNC(=O)c2nc(Cl)c(N)nc2N)n(C)c2cc(-c3ccccc3OC)ccc21. The minimum absolute atomic E-state index is 0.0194. The number of fused-ring (bicyclic) bond motifs is 1. The molecule has 2 heterocycles. The quantitative estimate of drug-likeness (QED) is 0.375. The average Bonchev–Trinajstić information content (AvgIpc) is 3.09. The number of rotatable bonds is 6. The summed E-state index contributed by atoms with van der Waals surface area (Å²) in [6, 6.07) is 14.2. The number of ether oxygens (including phenoxy) is 1. The van der Waals surface area contributed by atoms with E-state index >= 15 is 0 Å². The third kappa shape index (κ3) is 4.03. The number of nitrogen functional groups attached to an aromatic ring is 2. The van der Waals surface area contributed by atoms with Gasteiger partial charge in [-0.3, -0.25) is 4.79 Å². The van der Waals surface area contributed by atoms with E-state index in [0.717, 1.165) is 40.3 Å². The number of hydrogen-bond donors (Lipinski definition) is 3. The second-order valence-corrected chi connectivity index (χ2v) is 7.80. The van der Waals surface area contributed by atoms with E-state index in [4.69, 9.17) is 27.8 Å². The van der Waals surface area contributed by atoms with E-state index in [1.165, 1.54) is 0 Å². The van der Waals surface area contributed by atoms with Gasteiger partial charge in [-0.05, 0) is 36.8 Å². The van der Waals surface area contributed by atoms with Crippen molar-refractivity contribution in [3.05, 3.63) is 59.1 Å². The van der Waals surface area contributed by atoms with E-state index in [1.54, 1.807) is 7.11 Å². The molecule has 2 aromatic heterocycles. The molecule has 1 amide bonds. The summed E-state index contributed by atoms with van der Waals surface area (Å²) >= 11 is 5.91. The van der Waals surface area contributed by atoms with Gasteiger partial charge in [-0.15, -0.1) is 0 Å². The smallest absolute Gasteiger partial charge is 0.276 e. The first-order valence-corrected chi connectivity index (χ1v) is 10.7. The van der Waals surface area contributed by atoms with Gasteiger partial charge in [0.15, 0.2) is 33.5 Å². The standard InChI is InChI=1S/C23H24ClN7O2/c1-4-31-15-10-9-13(14-7-5-6-8-17(14)33-3)11-16(15)30(2)18(31)12-27-23(32)19-21(25)29-22(26)20(24)28-19/h5-11H,4,12H2,1-3H3,(H4-,25,26,27,29,32)/p+1. The number of aromatic nitrogens is 4. The van der Waals surface area contributed by atoms with E-state index in [-0.39, 0.29) is 29.0 Å². The number of para-hydroxylation sites is 1. The van der Waals surface area contributed by atoms with Crippen molar-refractivity contribution in [1.29, 1.82) is 0 Å². The molecule has 4 rings (SSSR count). The first-order valence-electron chi connectivity index (χ1n) is 10.4. The van der Waals surface area contributed by atoms with Crippen LogP contribution in [-0.2, 0) is 20.1 Å². The average molecular weight is 467 g/mol. The highest BCUT2D eigenvalue weighted by atomic mass is 35.5. The number of methoxy groups -OCH3 is 1. The largest absolute Gasteiger partial charge is 0.496 e. The van der Waals surface area contributed by atoms with Crippen molar-refractivity contribution in [1.82, 2.24) is 19.9 Å². The molecular formula is C23H25ClN7O2+. The molecule has 0 saturated carbocycles. The third-order valence-corrected chi connectivity index (χ3v) is 5.87. The van der Waals surface area contributed by atoms with E-state index < -0.39 is 5.91 Å². The number of nitrogens with two attached hydrogens (primary N) is 2. The molecule has 0 saturated heterocycles. The molecule has 5 N–H and O–H groups in total. The van der Waals surface area contributed by atoms with Crippen LogP contribution in [0.2, 0.25) is 5.15 Å². The van der Waals surface area contributed by atoms with Crippen molar-refractivity contribution in [2.24, 2.45) is 7.05 Å². The molecule has 0 bridgehead atoms. The van der Waals surface area contributed by atoms with E-state index in [0.29, 0.717) is 0 Å². The van der Waals surface area contributed by atoms with Crippen LogP contribution in [0.25, 0.3) is 22.2 Å². The van der Waals surface area contributed by atoms with E-state index in [1.807, 2.05) is 31.3 Å². The Morgan fingerprint density at radius 3 is 2.67 bits per heavy atom. The van der Waals surface area contributed by atoms with Crippen LogP contribution in [0.3, 0.4) is 0 Å². The molecule has 9 nitrogen and oxygen atoms in total. The Morgan fingerprint density at radius 1 is 1.18 bits per heavy atom. The molecule has 0 atom stereocenters. The van der Waals surface area contributed by atoms with Gasteiger partial charge in [0, 0.05) is 5.56 Å². The predicted molar refractivity (Wildman–Crippen MR) is 128 cm³/mol. The van der Waals surface area contributed by atoms with Crippen LogP contribution < -0.4 is 26.1 Å². The maximum atomic E-state index is 12.7. The molecule has 0 fully saturated rings. The van der Waals surface area contributed by atoms with Gasteiger partial charge in [0.05, 0.1) is 20.7 Å². The monoisotopic (exact) mass is 466 g/mol. The number of anilines is 2. The van der Waals surface area contributed by atoms with Crippen molar-refractivity contribution in [2.45, 2.75) is 20.0 Å². The number of hydrogen-bond acceptors (Lipinski definition) is 6. The first-order chi connectivity index (χ1) is 15.8. The summed E-state index contributed by atoms with van der Waals surface area (Å²) in [5, 5.41) is 2.80. The number of nitrogens with one attached hydrogen (secondary N) is 1. The fourth-order valence-electron chi connectivity index (χ4n) is 3.95. The lowest BCUT2D eigenvalue weighted by Gasteiger charge is -2.07. The number of nitrogens with zero attached hydrogens (tertiary/aromatic N) is 4. The zero-order valence-electron chi connectivity index (χ0n) is 18.6. The molecule has 0 spiro atoms. The molecule has 0 aliphatic heterocycles. The highest BCUT2D eigenvalue weighted by Crippen LogP contribution is 2.31. The fraction of sp³-hybridized carbons (Fsp3) is 0.217. The molecular weight excluding hydrogens is 442 g/mol. The molecule has 2 aromatic carbocycles. The van der Waals surface area contributed by atoms with Crippen LogP contribution in [0, 0.1) is 0 Å². The van der Waals surface area contributed by atoms with Crippen LogP contribution in [0.5, 0.6) is 5.75 Å². The Balaban J connectivity index is 1.69. The van der Waals surface area contributed by atoms with E-state index in [9.17, 15) is 4.79 Å². The Bertz CT molecular complexity index is 1370. The maximum absolute atomic E-state index is 12.7. The lowest BCUT2D eigenvalue weighted by molar-refractivity contribution is -0.676. The fourth-order valence-corrected chi connectivity index (χ4v) is 4.08. The molecule has 0 unspecified atom stereocenters. The minimum atomic E-state index is -0.482. The highest BCUT2D eigenvalue weighted by molar-refractivity contribution is 6.31. The number of halogens is 1. The Hall–Kier alpha value is -3.85. The van der Waals surface area contributed by atoms with Crippen LogP contribution in [0.4, 0.5) is 11.6 Å². The summed E-state index contributed by atoms with van der Waals surface area (Å²) in [5.74, 6) is 1.14. The molecule has 0 aliphatic carbocycles. The molecule has 0 radical (unpaired) electrons. The number of aryl methyl sites for hydroxylation is 2.